The Bertz CT molecular complexity index is 660. The lowest BCUT2D eigenvalue weighted by atomic mass is 10.1. The number of anilines is 1. The van der Waals surface area contributed by atoms with E-state index in [0.717, 1.165) is 17.4 Å². The molecule has 1 aromatic rings. The van der Waals surface area contributed by atoms with Crippen LogP contribution in [-0.2, 0) is 14.8 Å². The summed E-state index contributed by atoms with van der Waals surface area (Å²) in [4.78, 5) is 12.4. The Labute approximate surface area is 133 Å². The van der Waals surface area contributed by atoms with E-state index in [-0.39, 0.29) is 5.91 Å². The number of carbonyl (C=O) groups excluding carboxylic acids is 1. The first kappa shape index (κ1) is 18.5. The monoisotopic (exact) mass is 326 g/mol. The van der Waals surface area contributed by atoms with E-state index in [9.17, 15) is 13.2 Å². The first-order chi connectivity index (χ1) is 9.83. The van der Waals surface area contributed by atoms with Gasteiger partial charge in [0.15, 0.2) is 0 Å². The van der Waals surface area contributed by atoms with Crippen molar-refractivity contribution in [2.45, 2.75) is 53.1 Å². The van der Waals surface area contributed by atoms with E-state index >= 15 is 0 Å². The Morgan fingerprint density at radius 3 is 2.14 bits per heavy atom. The molecule has 0 radical (unpaired) electrons. The number of amides is 1. The van der Waals surface area contributed by atoms with Crippen LogP contribution in [0.25, 0.3) is 0 Å². The second-order valence-corrected chi connectivity index (χ2v) is 8.60. The van der Waals surface area contributed by atoms with Gasteiger partial charge in [0.1, 0.15) is 6.04 Å². The predicted molar refractivity (Wildman–Crippen MR) is 90.6 cm³/mol. The first-order valence-electron chi connectivity index (χ1n) is 7.21. The Hall–Kier alpha value is -1.56. The number of carbonyl (C=O) groups is 1. The van der Waals surface area contributed by atoms with Crippen LogP contribution in [0.15, 0.2) is 18.2 Å². The molecule has 1 aromatic carbocycles. The molecule has 0 spiro atoms. The number of aryl methyl sites for hydroxylation is 2. The van der Waals surface area contributed by atoms with E-state index in [1.54, 1.807) is 19.1 Å². The minimum atomic E-state index is -3.57. The van der Waals surface area contributed by atoms with E-state index in [2.05, 4.69) is 5.32 Å². The number of benzene rings is 1. The van der Waals surface area contributed by atoms with Gasteiger partial charge in [0.25, 0.3) is 0 Å². The van der Waals surface area contributed by atoms with Crippen LogP contribution in [0.4, 0.5) is 5.69 Å². The minimum absolute atomic E-state index is 0.323. The number of rotatable bonds is 4. The largest absolute Gasteiger partial charge is 0.350 e. The van der Waals surface area contributed by atoms with Gasteiger partial charge in [0.2, 0.25) is 15.9 Å². The number of hydrogen-bond donors (Lipinski definition) is 1. The molecule has 5 nitrogen and oxygen atoms in total. The quantitative estimate of drug-likeness (QED) is 0.924. The van der Waals surface area contributed by atoms with E-state index < -0.39 is 21.6 Å². The number of nitrogens with one attached hydrogen (secondary N) is 1. The van der Waals surface area contributed by atoms with Crippen molar-refractivity contribution in [3.63, 3.8) is 0 Å². The van der Waals surface area contributed by atoms with Crippen molar-refractivity contribution in [2.24, 2.45) is 0 Å². The summed E-state index contributed by atoms with van der Waals surface area (Å²) < 4.78 is 25.5. The van der Waals surface area contributed by atoms with Crippen LogP contribution in [0.3, 0.4) is 0 Å². The summed E-state index contributed by atoms with van der Waals surface area (Å²) in [5.74, 6) is -0.323. The summed E-state index contributed by atoms with van der Waals surface area (Å²) in [6, 6.07) is 4.55. The third-order valence-electron chi connectivity index (χ3n) is 3.33. The van der Waals surface area contributed by atoms with Crippen molar-refractivity contribution in [1.82, 2.24) is 5.32 Å². The van der Waals surface area contributed by atoms with Crippen LogP contribution in [0.1, 0.15) is 38.8 Å². The predicted octanol–water partition coefficient (Wildman–Crippen LogP) is 2.37. The average Bonchev–Trinajstić information content (AvgIpc) is 2.30. The summed E-state index contributed by atoms with van der Waals surface area (Å²) in [6.07, 6.45) is 1.11. The van der Waals surface area contributed by atoms with Gasteiger partial charge < -0.3 is 5.32 Å². The van der Waals surface area contributed by atoms with Crippen LogP contribution in [0.2, 0.25) is 0 Å². The molecule has 0 heterocycles. The van der Waals surface area contributed by atoms with E-state index in [0.29, 0.717) is 5.69 Å². The maximum Gasteiger partial charge on any atom is 0.244 e. The van der Waals surface area contributed by atoms with Crippen LogP contribution in [-0.4, -0.2) is 32.2 Å². The fraction of sp³-hybridized carbons (Fsp3) is 0.562. The molecule has 0 bridgehead atoms. The molecule has 0 aliphatic carbocycles. The SMILES string of the molecule is Cc1ccc(N(C(C)C(=O)NC(C)(C)C)S(C)(=O)=O)cc1C. The van der Waals surface area contributed by atoms with Crippen molar-refractivity contribution in [2.75, 3.05) is 10.6 Å². The van der Waals surface area contributed by atoms with Crippen molar-refractivity contribution in [3.05, 3.63) is 29.3 Å². The van der Waals surface area contributed by atoms with Gasteiger partial charge in [-0.2, -0.15) is 0 Å². The zero-order chi connectivity index (χ0) is 17.3. The van der Waals surface area contributed by atoms with Gasteiger partial charge in [-0.05, 0) is 64.8 Å². The van der Waals surface area contributed by atoms with Crippen LogP contribution in [0.5, 0.6) is 0 Å². The standard InChI is InChI=1S/C16H26N2O3S/c1-11-8-9-14(10-12(11)2)18(22(7,20)21)13(3)15(19)17-16(4,5)6/h8-10,13H,1-7H3,(H,17,19). The lowest BCUT2D eigenvalue weighted by Crippen LogP contribution is -2.52. The van der Waals surface area contributed by atoms with Gasteiger partial charge in [-0.25, -0.2) is 8.42 Å². The number of sulfonamides is 1. The van der Waals surface area contributed by atoms with E-state index in [1.165, 1.54) is 4.31 Å². The highest BCUT2D eigenvalue weighted by Crippen LogP contribution is 2.24. The van der Waals surface area contributed by atoms with Gasteiger partial charge in [0.05, 0.1) is 11.9 Å². The molecular weight excluding hydrogens is 300 g/mol. The van der Waals surface area contributed by atoms with E-state index in [1.807, 2.05) is 40.7 Å². The van der Waals surface area contributed by atoms with Gasteiger partial charge in [-0.3, -0.25) is 9.10 Å². The summed E-state index contributed by atoms with van der Waals surface area (Å²) >= 11 is 0. The minimum Gasteiger partial charge on any atom is -0.350 e. The van der Waals surface area contributed by atoms with Gasteiger partial charge in [-0.15, -0.1) is 0 Å². The summed E-state index contributed by atoms with van der Waals surface area (Å²) in [7, 11) is -3.57. The number of hydrogen-bond acceptors (Lipinski definition) is 3. The molecule has 0 saturated carbocycles. The summed E-state index contributed by atoms with van der Waals surface area (Å²) in [5.41, 5.74) is 2.14. The lowest BCUT2D eigenvalue weighted by molar-refractivity contribution is -0.123. The fourth-order valence-corrected chi connectivity index (χ4v) is 3.31. The van der Waals surface area contributed by atoms with E-state index in [4.69, 9.17) is 0 Å². The highest BCUT2D eigenvalue weighted by molar-refractivity contribution is 7.92. The Morgan fingerprint density at radius 1 is 1.18 bits per heavy atom. The Morgan fingerprint density at radius 2 is 1.73 bits per heavy atom. The second-order valence-electron chi connectivity index (χ2n) is 6.74. The highest BCUT2D eigenvalue weighted by atomic mass is 32.2. The second kappa shape index (κ2) is 6.28. The summed E-state index contributed by atoms with van der Waals surface area (Å²) in [5, 5.41) is 2.82. The molecule has 0 fully saturated rings. The normalized spacial score (nSPS) is 13.6. The molecule has 0 aliphatic rings. The number of nitrogens with zero attached hydrogens (tertiary/aromatic N) is 1. The summed E-state index contributed by atoms with van der Waals surface area (Å²) in [6.45, 7) is 11.0. The molecule has 1 N–H and O–H groups in total. The third-order valence-corrected chi connectivity index (χ3v) is 4.57. The fourth-order valence-electron chi connectivity index (χ4n) is 2.15. The van der Waals surface area contributed by atoms with Gasteiger partial charge in [0, 0.05) is 5.54 Å². The van der Waals surface area contributed by atoms with Gasteiger partial charge >= 0.3 is 0 Å². The molecule has 1 rings (SSSR count). The molecule has 0 aliphatic heterocycles. The highest BCUT2D eigenvalue weighted by Gasteiger charge is 2.30. The van der Waals surface area contributed by atoms with Crippen molar-refractivity contribution < 1.29 is 13.2 Å². The third kappa shape index (κ3) is 4.73. The first-order valence-corrected chi connectivity index (χ1v) is 9.06. The maximum atomic E-state index is 12.4. The smallest absolute Gasteiger partial charge is 0.244 e. The van der Waals surface area contributed by atoms with Crippen LogP contribution >= 0.6 is 0 Å². The molecular formula is C16H26N2O3S. The molecule has 124 valence electrons. The van der Waals surface area contributed by atoms with Crippen LogP contribution in [0, 0.1) is 13.8 Å². The molecule has 0 aromatic heterocycles. The molecule has 0 saturated heterocycles. The van der Waals surface area contributed by atoms with Gasteiger partial charge in [-0.1, -0.05) is 6.07 Å². The van der Waals surface area contributed by atoms with Crippen LogP contribution < -0.4 is 9.62 Å². The molecule has 1 amide bonds. The Kier molecular flexibility index (Phi) is 5.28. The lowest BCUT2D eigenvalue weighted by Gasteiger charge is -2.31. The molecule has 22 heavy (non-hydrogen) atoms. The molecule has 6 heteroatoms. The van der Waals surface area contributed by atoms with Crippen molar-refractivity contribution in [3.8, 4) is 0 Å². The Balaban J connectivity index is 3.25. The van der Waals surface area contributed by atoms with Crippen molar-refractivity contribution in [1.29, 1.82) is 0 Å². The molecule has 1 unspecified atom stereocenters. The topological polar surface area (TPSA) is 66.5 Å². The zero-order valence-electron chi connectivity index (χ0n) is 14.4. The average molecular weight is 326 g/mol. The molecule has 1 atom stereocenters. The maximum absolute atomic E-state index is 12.4. The van der Waals surface area contributed by atoms with Crippen molar-refractivity contribution >= 4 is 21.6 Å². The zero-order valence-corrected chi connectivity index (χ0v) is 15.2.